The number of amides is 1. The van der Waals surface area contributed by atoms with E-state index in [0.29, 0.717) is 23.6 Å². The number of aromatic amines is 1. The van der Waals surface area contributed by atoms with E-state index in [9.17, 15) is 4.79 Å². The number of carbonyl (C=O) groups is 1. The fourth-order valence-corrected chi connectivity index (χ4v) is 3.00. The zero-order chi connectivity index (χ0) is 13.2. The predicted octanol–water partition coefficient (Wildman–Crippen LogP) is 2.30. The molecule has 2 aliphatic rings. The molecule has 0 unspecified atom stereocenters. The van der Waals surface area contributed by atoms with Crippen molar-refractivity contribution in [2.75, 3.05) is 6.54 Å². The molecule has 5 heteroatoms. The Morgan fingerprint density at radius 3 is 2.58 bits per heavy atom. The van der Waals surface area contributed by atoms with Gasteiger partial charge in [-0.25, -0.2) is 4.98 Å². The van der Waals surface area contributed by atoms with Gasteiger partial charge in [-0.3, -0.25) is 9.89 Å². The molecule has 5 nitrogen and oxygen atoms in total. The Morgan fingerprint density at radius 1 is 1.26 bits per heavy atom. The Bertz CT molecular complexity index is 446. The van der Waals surface area contributed by atoms with Gasteiger partial charge < -0.3 is 4.90 Å². The molecule has 2 fully saturated rings. The van der Waals surface area contributed by atoms with Crippen LogP contribution in [0.4, 0.5) is 0 Å². The van der Waals surface area contributed by atoms with E-state index in [1.807, 2.05) is 11.8 Å². The molecular weight excluding hydrogens is 240 g/mol. The molecule has 0 saturated heterocycles. The summed E-state index contributed by atoms with van der Waals surface area (Å²) in [5.41, 5.74) is 0. The molecule has 0 radical (unpaired) electrons. The first-order valence-electron chi connectivity index (χ1n) is 7.44. The van der Waals surface area contributed by atoms with Crippen LogP contribution in [0.5, 0.6) is 0 Å². The first-order chi connectivity index (χ1) is 9.24. The van der Waals surface area contributed by atoms with E-state index in [2.05, 4.69) is 15.2 Å². The summed E-state index contributed by atoms with van der Waals surface area (Å²) in [5.74, 6) is 1.73. The zero-order valence-corrected chi connectivity index (χ0v) is 11.6. The molecule has 19 heavy (non-hydrogen) atoms. The number of hydrogen-bond acceptors (Lipinski definition) is 3. The van der Waals surface area contributed by atoms with E-state index < -0.39 is 0 Å². The van der Waals surface area contributed by atoms with Gasteiger partial charge in [-0.1, -0.05) is 19.3 Å². The molecule has 1 N–H and O–H groups in total. The lowest BCUT2D eigenvalue weighted by Crippen LogP contribution is -2.38. The second-order valence-corrected chi connectivity index (χ2v) is 5.94. The highest BCUT2D eigenvalue weighted by Crippen LogP contribution is 2.32. The Kier molecular flexibility index (Phi) is 3.53. The van der Waals surface area contributed by atoms with Crippen molar-refractivity contribution >= 4 is 5.91 Å². The Hall–Kier alpha value is -1.39. The molecule has 0 aromatic carbocycles. The van der Waals surface area contributed by atoms with Crippen LogP contribution in [0, 0.1) is 12.8 Å². The van der Waals surface area contributed by atoms with Gasteiger partial charge >= 0.3 is 0 Å². The largest absolute Gasteiger partial charge is 0.333 e. The second-order valence-electron chi connectivity index (χ2n) is 5.94. The third kappa shape index (κ3) is 2.96. The van der Waals surface area contributed by atoms with Gasteiger partial charge in [0.25, 0.3) is 5.91 Å². The number of nitrogens with zero attached hydrogens (tertiary/aromatic N) is 3. The maximum Gasteiger partial charge on any atom is 0.293 e. The van der Waals surface area contributed by atoms with Crippen LogP contribution in [0.15, 0.2) is 0 Å². The number of nitrogens with one attached hydrogen (secondary N) is 1. The molecule has 1 aromatic heterocycles. The van der Waals surface area contributed by atoms with Crippen molar-refractivity contribution in [2.45, 2.75) is 57.9 Å². The van der Waals surface area contributed by atoms with E-state index in [1.165, 1.54) is 32.1 Å². The summed E-state index contributed by atoms with van der Waals surface area (Å²) in [7, 11) is 0. The van der Waals surface area contributed by atoms with Crippen molar-refractivity contribution in [1.29, 1.82) is 0 Å². The molecule has 1 aromatic rings. The lowest BCUT2D eigenvalue weighted by molar-refractivity contribution is 0.0687. The third-order valence-electron chi connectivity index (χ3n) is 4.22. The molecule has 1 heterocycles. The van der Waals surface area contributed by atoms with Crippen molar-refractivity contribution in [3.8, 4) is 0 Å². The molecular formula is C14H22N4O. The van der Waals surface area contributed by atoms with Gasteiger partial charge in [0, 0.05) is 12.6 Å². The second kappa shape index (κ2) is 5.31. The van der Waals surface area contributed by atoms with Crippen molar-refractivity contribution in [2.24, 2.45) is 5.92 Å². The summed E-state index contributed by atoms with van der Waals surface area (Å²) >= 11 is 0. The van der Waals surface area contributed by atoms with E-state index in [4.69, 9.17) is 0 Å². The SMILES string of the molecule is Cc1nc(C(=O)N(CC2CCCCC2)C2CC2)n[nH]1. The maximum atomic E-state index is 12.5. The molecule has 0 spiro atoms. The number of hydrogen-bond donors (Lipinski definition) is 1. The molecule has 0 bridgehead atoms. The normalized spacial score (nSPS) is 20.5. The van der Waals surface area contributed by atoms with Crippen LogP contribution in [0.3, 0.4) is 0 Å². The number of rotatable bonds is 4. The van der Waals surface area contributed by atoms with Gasteiger partial charge in [-0.2, -0.15) is 0 Å². The summed E-state index contributed by atoms with van der Waals surface area (Å²) < 4.78 is 0. The van der Waals surface area contributed by atoms with Crippen molar-refractivity contribution in [3.05, 3.63) is 11.6 Å². The molecule has 2 aliphatic carbocycles. The summed E-state index contributed by atoms with van der Waals surface area (Å²) in [6, 6.07) is 0.438. The Labute approximate surface area is 113 Å². The average molecular weight is 262 g/mol. The smallest absolute Gasteiger partial charge is 0.293 e. The van der Waals surface area contributed by atoms with Gasteiger partial charge in [-0.05, 0) is 38.5 Å². The van der Waals surface area contributed by atoms with Crippen LogP contribution in [0.1, 0.15) is 61.4 Å². The number of aromatic nitrogens is 3. The Balaban J connectivity index is 1.68. The van der Waals surface area contributed by atoms with Crippen LogP contribution >= 0.6 is 0 Å². The minimum atomic E-state index is 0.0115. The Morgan fingerprint density at radius 2 is 2.00 bits per heavy atom. The van der Waals surface area contributed by atoms with E-state index in [0.717, 1.165) is 19.4 Å². The highest BCUT2D eigenvalue weighted by molar-refractivity contribution is 5.90. The maximum absolute atomic E-state index is 12.5. The third-order valence-corrected chi connectivity index (χ3v) is 4.22. The standard InChI is InChI=1S/C14H22N4O/c1-10-15-13(17-16-10)14(19)18(12-7-8-12)9-11-5-3-2-4-6-11/h11-12H,2-9H2,1H3,(H,15,16,17). The number of H-pyrrole nitrogens is 1. The molecule has 104 valence electrons. The van der Waals surface area contributed by atoms with Crippen LogP contribution in [-0.2, 0) is 0 Å². The molecule has 1 amide bonds. The monoisotopic (exact) mass is 262 g/mol. The molecule has 0 atom stereocenters. The minimum absolute atomic E-state index is 0.0115. The first kappa shape index (κ1) is 12.6. The van der Waals surface area contributed by atoms with E-state index in [1.54, 1.807) is 0 Å². The van der Waals surface area contributed by atoms with Crippen molar-refractivity contribution < 1.29 is 4.79 Å². The highest BCUT2D eigenvalue weighted by atomic mass is 16.2. The van der Waals surface area contributed by atoms with E-state index >= 15 is 0 Å². The van der Waals surface area contributed by atoms with Gasteiger partial charge in [0.2, 0.25) is 5.82 Å². The van der Waals surface area contributed by atoms with Crippen LogP contribution in [-0.4, -0.2) is 38.6 Å². The van der Waals surface area contributed by atoms with Gasteiger partial charge in [0.15, 0.2) is 0 Å². The van der Waals surface area contributed by atoms with Crippen LogP contribution in [0.2, 0.25) is 0 Å². The quantitative estimate of drug-likeness (QED) is 0.905. The van der Waals surface area contributed by atoms with Gasteiger partial charge in [-0.15, -0.1) is 5.10 Å². The first-order valence-corrected chi connectivity index (χ1v) is 7.44. The zero-order valence-electron chi connectivity index (χ0n) is 11.6. The average Bonchev–Trinajstić information content (AvgIpc) is 3.18. The fraction of sp³-hybridized carbons (Fsp3) is 0.786. The summed E-state index contributed by atoms with van der Waals surface area (Å²) in [5, 5.41) is 6.77. The minimum Gasteiger partial charge on any atom is -0.333 e. The topological polar surface area (TPSA) is 61.9 Å². The highest BCUT2D eigenvalue weighted by Gasteiger charge is 2.36. The molecule has 0 aliphatic heterocycles. The predicted molar refractivity (Wildman–Crippen MR) is 71.8 cm³/mol. The summed E-state index contributed by atoms with van der Waals surface area (Å²) in [6.07, 6.45) is 8.80. The van der Waals surface area contributed by atoms with Crippen LogP contribution < -0.4 is 0 Å². The van der Waals surface area contributed by atoms with Gasteiger partial charge in [0.05, 0.1) is 0 Å². The molecule has 2 saturated carbocycles. The van der Waals surface area contributed by atoms with Crippen molar-refractivity contribution in [3.63, 3.8) is 0 Å². The van der Waals surface area contributed by atoms with Crippen molar-refractivity contribution in [1.82, 2.24) is 20.1 Å². The fourth-order valence-electron chi connectivity index (χ4n) is 3.00. The van der Waals surface area contributed by atoms with E-state index in [-0.39, 0.29) is 5.91 Å². The lowest BCUT2D eigenvalue weighted by atomic mass is 9.89. The summed E-state index contributed by atoms with van der Waals surface area (Å²) in [6.45, 7) is 2.73. The van der Waals surface area contributed by atoms with Crippen LogP contribution in [0.25, 0.3) is 0 Å². The molecule has 3 rings (SSSR count). The number of aryl methyl sites for hydroxylation is 1. The van der Waals surface area contributed by atoms with Gasteiger partial charge in [0.1, 0.15) is 5.82 Å². The lowest BCUT2D eigenvalue weighted by Gasteiger charge is -2.29. The summed E-state index contributed by atoms with van der Waals surface area (Å²) in [4.78, 5) is 18.7. The number of carbonyl (C=O) groups excluding carboxylic acids is 1.